The van der Waals surface area contributed by atoms with E-state index in [0.717, 1.165) is 37.8 Å². The second-order valence-electron chi connectivity index (χ2n) is 7.45. The van der Waals surface area contributed by atoms with Crippen LogP contribution in [0.25, 0.3) is 0 Å². The molecule has 0 radical (unpaired) electrons. The van der Waals surface area contributed by atoms with Gasteiger partial charge in [0.15, 0.2) is 13.2 Å². The molecule has 0 saturated heterocycles. The van der Waals surface area contributed by atoms with Crippen molar-refractivity contribution < 1.29 is 28.7 Å². The van der Waals surface area contributed by atoms with Gasteiger partial charge in [-0.25, -0.2) is 9.59 Å². The van der Waals surface area contributed by atoms with Crippen molar-refractivity contribution in [1.82, 2.24) is 10.6 Å². The number of nitrogens with zero attached hydrogens (tertiary/aromatic N) is 2. The van der Waals surface area contributed by atoms with E-state index in [1.807, 2.05) is 0 Å². The van der Waals surface area contributed by atoms with E-state index in [0.29, 0.717) is 25.7 Å². The predicted molar refractivity (Wildman–Crippen MR) is 101 cm³/mol. The third-order valence-corrected chi connectivity index (χ3v) is 5.15. The number of ether oxygens (including phenoxy) is 2. The van der Waals surface area contributed by atoms with Gasteiger partial charge in [0, 0.05) is 12.2 Å². The Hall–Kier alpha value is -3.40. The van der Waals surface area contributed by atoms with Crippen molar-refractivity contribution in [2.45, 2.75) is 62.4 Å². The van der Waals surface area contributed by atoms with Gasteiger partial charge in [-0.15, -0.1) is 0 Å². The average Bonchev–Trinajstić information content (AvgIpc) is 3.39. The smallest absolute Gasteiger partial charge is 0.331 e. The molecule has 2 saturated carbocycles. The Labute approximate surface area is 174 Å². The zero-order chi connectivity index (χ0) is 22.0. The summed E-state index contributed by atoms with van der Waals surface area (Å²) >= 11 is 0. The molecule has 10 heteroatoms. The van der Waals surface area contributed by atoms with Gasteiger partial charge < -0.3 is 20.1 Å². The number of hydrogen-bond donors (Lipinski definition) is 2. The fourth-order valence-electron chi connectivity index (χ4n) is 3.60. The lowest BCUT2D eigenvalue weighted by Crippen LogP contribution is -2.46. The van der Waals surface area contributed by atoms with Gasteiger partial charge in [0.25, 0.3) is 11.8 Å². The molecule has 0 aromatic rings. The highest BCUT2D eigenvalue weighted by atomic mass is 16.5. The van der Waals surface area contributed by atoms with Gasteiger partial charge in [0.2, 0.25) is 0 Å². The second-order valence-corrected chi connectivity index (χ2v) is 7.45. The SMILES string of the molecule is N#CC1(NC(=O)COC(=O)/C=C/C(=O)OCC(=O)NC2(C#N)CCCC2)CCCC1. The molecule has 0 heterocycles. The van der Waals surface area contributed by atoms with Crippen molar-refractivity contribution in [3.8, 4) is 12.1 Å². The Balaban J connectivity index is 1.67. The molecule has 0 aliphatic heterocycles. The topological polar surface area (TPSA) is 158 Å². The highest BCUT2D eigenvalue weighted by molar-refractivity contribution is 5.93. The van der Waals surface area contributed by atoms with Gasteiger partial charge >= 0.3 is 11.9 Å². The van der Waals surface area contributed by atoms with E-state index in [9.17, 15) is 29.7 Å². The van der Waals surface area contributed by atoms with Crippen LogP contribution in [-0.4, -0.2) is 48.0 Å². The van der Waals surface area contributed by atoms with Crippen LogP contribution < -0.4 is 10.6 Å². The minimum absolute atomic E-state index is 0.554. The number of carbonyl (C=O) groups is 4. The largest absolute Gasteiger partial charge is 0.452 e. The average molecular weight is 416 g/mol. The van der Waals surface area contributed by atoms with E-state index in [2.05, 4.69) is 22.8 Å². The number of hydrogen-bond acceptors (Lipinski definition) is 8. The molecule has 2 aliphatic rings. The number of amides is 2. The van der Waals surface area contributed by atoms with Crippen LogP contribution in [0, 0.1) is 22.7 Å². The Morgan fingerprint density at radius 1 is 0.733 bits per heavy atom. The summed E-state index contributed by atoms with van der Waals surface area (Å²) in [7, 11) is 0. The van der Waals surface area contributed by atoms with Gasteiger partial charge in [-0.05, 0) is 51.4 Å². The monoisotopic (exact) mass is 416 g/mol. The summed E-state index contributed by atoms with van der Waals surface area (Å²) in [6, 6.07) is 4.18. The van der Waals surface area contributed by atoms with E-state index >= 15 is 0 Å². The summed E-state index contributed by atoms with van der Waals surface area (Å²) in [5, 5.41) is 23.6. The van der Waals surface area contributed by atoms with Crippen molar-refractivity contribution in [2.24, 2.45) is 0 Å². The van der Waals surface area contributed by atoms with E-state index < -0.39 is 48.0 Å². The van der Waals surface area contributed by atoms with Gasteiger partial charge in [-0.3, -0.25) is 9.59 Å². The second kappa shape index (κ2) is 10.4. The van der Waals surface area contributed by atoms with Crippen LogP contribution in [0.1, 0.15) is 51.4 Å². The molecule has 2 N–H and O–H groups in total. The van der Waals surface area contributed by atoms with Crippen LogP contribution in [0.5, 0.6) is 0 Å². The molecule has 0 aromatic heterocycles. The molecule has 0 unspecified atom stereocenters. The molecule has 2 rings (SSSR count). The summed E-state index contributed by atoms with van der Waals surface area (Å²) in [5.41, 5.74) is -1.82. The maximum Gasteiger partial charge on any atom is 0.331 e. The van der Waals surface area contributed by atoms with Crippen LogP contribution in [-0.2, 0) is 28.7 Å². The molecule has 2 amide bonds. The van der Waals surface area contributed by atoms with Gasteiger partial charge in [-0.1, -0.05) is 0 Å². The maximum atomic E-state index is 11.9. The molecule has 160 valence electrons. The van der Waals surface area contributed by atoms with E-state index in [1.165, 1.54) is 0 Å². The standard InChI is InChI=1S/C20H24N4O6/c21-13-19(7-1-2-8-19)23-15(25)11-29-17(27)5-6-18(28)30-12-16(26)24-20(14-22)9-3-4-10-20/h5-6H,1-4,7-12H2,(H,23,25)(H,24,26)/b6-5+. The zero-order valence-corrected chi connectivity index (χ0v) is 16.6. The molecule has 0 aromatic carbocycles. The van der Waals surface area contributed by atoms with Crippen LogP contribution >= 0.6 is 0 Å². The first-order chi connectivity index (χ1) is 14.3. The van der Waals surface area contributed by atoms with Crippen LogP contribution in [0.4, 0.5) is 0 Å². The van der Waals surface area contributed by atoms with Crippen molar-refractivity contribution in [1.29, 1.82) is 10.5 Å². The molecule has 2 fully saturated rings. The molecule has 10 nitrogen and oxygen atoms in total. The lowest BCUT2D eigenvalue weighted by Gasteiger charge is -2.21. The maximum absolute atomic E-state index is 11.9. The fraction of sp³-hybridized carbons (Fsp3) is 0.600. The van der Waals surface area contributed by atoms with Crippen molar-refractivity contribution in [2.75, 3.05) is 13.2 Å². The first kappa shape index (κ1) is 22.9. The molecule has 0 atom stereocenters. The summed E-state index contributed by atoms with van der Waals surface area (Å²) in [4.78, 5) is 46.9. The third kappa shape index (κ3) is 6.59. The quantitative estimate of drug-likeness (QED) is 0.428. The highest BCUT2D eigenvalue weighted by Crippen LogP contribution is 2.29. The van der Waals surface area contributed by atoms with Crippen LogP contribution in [0.15, 0.2) is 12.2 Å². The predicted octanol–water partition coefficient (Wildman–Crippen LogP) is 0.534. The number of carbonyl (C=O) groups excluding carboxylic acids is 4. The lowest BCUT2D eigenvalue weighted by molar-refractivity contribution is -0.145. The van der Waals surface area contributed by atoms with Crippen molar-refractivity contribution >= 4 is 23.8 Å². The molecular formula is C20H24N4O6. The zero-order valence-electron chi connectivity index (χ0n) is 16.6. The number of nitrogens with one attached hydrogen (secondary N) is 2. The van der Waals surface area contributed by atoms with Crippen molar-refractivity contribution in [3.05, 3.63) is 12.2 Å². The van der Waals surface area contributed by atoms with E-state index in [4.69, 9.17) is 9.47 Å². The first-order valence-electron chi connectivity index (χ1n) is 9.78. The van der Waals surface area contributed by atoms with E-state index in [1.54, 1.807) is 0 Å². The number of nitriles is 2. The lowest BCUT2D eigenvalue weighted by atomic mass is 10.00. The molecule has 2 aliphatic carbocycles. The Bertz CT molecular complexity index is 729. The number of esters is 2. The molecule has 30 heavy (non-hydrogen) atoms. The van der Waals surface area contributed by atoms with Crippen LogP contribution in [0.2, 0.25) is 0 Å². The Morgan fingerprint density at radius 3 is 1.37 bits per heavy atom. The third-order valence-electron chi connectivity index (χ3n) is 5.15. The summed E-state index contributed by atoms with van der Waals surface area (Å²) in [6.45, 7) is -1.17. The first-order valence-corrected chi connectivity index (χ1v) is 9.78. The van der Waals surface area contributed by atoms with Crippen LogP contribution in [0.3, 0.4) is 0 Å². The van der Waals surface area contributed by atoms with E-state index in [-0.39, 0.29) is 0 Å². The summed E-state index contributed by atoms with van der Waals surface area (Å²) in [5.74, 6) is -3.09. The van der Waals surface area contributed by atoms with Gasteiger partial charge in [0.1, 0.15) is 11.1 Å². The number of rotatable bonds is 8. The molecular weight excluding hydrogens is 392 g/mol. The molecule has 0 bridgehead atoms. The Morgan fingerprint density at radius 2 is 1.07 bits per heavy atom. The minimum atomic E-state index is -0.946. The van der Waals surface area contributed by atoms with Gasteiger partial charge in [0.05, 0.1) is 12.1 Å². The van der Waals surface area contributed by atoms with Crippen molar-refractivity contribution in [3.63, 3.8) is 0 Å². The minimum Gasteiger partial charge on any atom is -0.452 e. The summed E-state index contributed by atoms with van der Waals surface area (Å²) < 4.78 is 9.45. The molecule has 0 spiro atoms. The Kier molecular flexibility index (Phi) is 7.93. The normalized spacial score (nSPS) is 18.7. The fourth-order valence-corrected chi connectivity index (χ4v) is 3.60. The van der Waals surface area contributed by atoms with Gasteiger partial charge in [-0.2, -0.15) is 10.5 Å². The highest BCUT2D eigenvalue weighted by Gasteiger charge is 2.36. The summed E-state index contributed by atoms with van der Waals surface area (Å²) in [6.07, 6.45) is 7.13.